The topological polar surface area (TPSA) is 21.3 Å². The number of hydrogen-bond donors (Lipinski definition) is 1. The molecule has 1 heterocycles. The summed E-state index contributed by atoms with van der Waals surface area (Å²) in [6.45, 7) is 2.77. The maximum absolute atomic E-state index is 5.43. The van der Waals surface area contributed by atoms with Gasteiger partial charge < -0.3 is 10.1 Å². The van der Waals surface area contributed by atoms with E-state index in [-0.39, 0.29) is 0 Å². The van der Waals surface area contributed by atoms with Gasteiger partial charge in [0.15, 0.2) is 0 Å². The number of nitrogens with one attached hydrogen (secondary N) is 1. The van der Waals surface area contributed by atoms with E-state index in [0.29, 0.717) is 0 Å². The van der Waals surface area contributed by atoms with Crippen molar-refractivity contribution in [3.8, 4) is 0 Å². The third-order valence-electron chi connectivity index (χ3n) is 3.43. The molecular formula is C15H23NO. The smallest absolute Gasteiger partial charge is 0.0725 e. The van der Waals surface area contributed by atoms with Crippen molar-refractivity contribution in [2.45, 2.75) is 45.3 Å². The number of ether oxygens (including phenoxy) is 1. The molecule has 17 heavy (non-hydrogen) atoms. The number of unbranched alkanes of at least 4 members (excludes halogenated alkanes) is 3. The lowest BCUT2D eigenvalue weighted by atomic mass is 10.0. The Bertz CT molecular complexity index is 349. The lowest BCUT2D eigenvalue weighted by Gasteiger charge is -2.04. The molecule has 2 heteroatoms. The third kappa shape index (κ3) is 3.83. The van der Waals surface area contributed by atoms with E-state index in [4.69, 9.17) is 4.74 Å². The molecule has 0 fully saturated rings. The Morgan fingerprint density at radius 2 is 1.88 bits per heavy atom. The van der Waals surface area contributed by atoms with Gasteiger partial charge in [-0.25, -0.2) is 0 Å². The number of fused-ring (bicyclic) bond motifs is 1. The Morgan fingerprint density at radius 3 is 2.76 bits per heavy atom. The highest BCUT2D eigenvalue weighted by Gasteiger charge is 2.10. The van der Waals surface area contributed by atoms with Gasteiger partial charge in [-0.2, -0.15) is 0 Å². The summed E-state index contributed by atoms with van der Waals surface area (Å²) in [4.78, 5) is 0. The molecule has 94 valence electrons. The molecule has 1 aliphatic heterocycles. The van der Waals surface area contributed by atoms with Crippen LogP contribution in [0.3, 0.4) is 0 Å². The van der Waals surface area contributed by atoms with Gasteiger partial charge in [0.1, 0.15) is 0 Å². The monoisotopic (exact) mass is 233 g/mol. The Kier molecular flexibility index (Phi) is 5.02. The molecule has 0 spiro atoms. The van der Waals surface area contributed by atoms with Gasteiger partial charge in [-0.05, 0) is 49.5 Å². The molecule has 1 N–H and O–H groups in total. The van der Waals surface area contributed by atoms with E-state index < -0.39 is 0 Å². The van der Waals surface area contributed by atoms with Crippen LogP contribution in [-0.4, -0.2) is 13.6 Å². The molecule has 0 saturated carbocycles. The quantitative estimate of drug-likeness (QED) is 0.731. The van der Waals surface area contributed by atoms with Crippen molar-refractivity contribution in [3.63, 3.8) is 0 Å². The van der Waals surface area contributed by atoms with E-state index in [1.54, 1.807) is 0 Å². The fourth-order valence-corrected chi connectivity index (χ4v) is 2.37. The fraction of sp³-hybridized carbons (Fsp3) is 0.600. The minimum atomic E-state index is 0.805. The zero-order valence-corrected chi connectivity index (χ0v) is 10.8. The van der Waals surface area contributed by atoms with Crippen molar-refractivity contribution in [3.05, 3.63) is 34.9 Å². The van der Waals surface area contributed by atoms with Crippen LogP contribution in [0, 0.1) is 0 Å². The van der Waals surface area contributed by atoms with Crippen LogP contribution in [0.4, 0.5) is 0 Å². The van der Waals surface area contributed by atoms with Crippen LogP contribution in [0.5, 0.6) is 0 Å². The predicted octanol–water partition coefficient (Wildman–Crippen LogP) is 3.04. The van der Waals surface area contributed by atoms with E-state index in [9.17, 15) is 0 Å². The summed E-state index contributed by atoms with van der Waals surface area (Å²) in [5.41, 5.74) is 4.25. The van der Waals surface area contributed by atoms with E-state index in [1.807, 2.05) is 7.05 Å². The Morgan fingerprint density at radius 1 is 1.06 bits per heavy atom. The van der Waals surface area contributed by atoms with Gasteiger partial charge in [-0.3, -0.25) is 0 Å². The molecule has 1 aliphatic rings. The maximum Gasteiger partial charge on any atom is 0.0725 e. The predicted molar refractivity (Wildman–Crippen MR) is 71.0 cm³/mol. The highest BCUT2D eigenvalue weighted by atomic mass is 16.5. The van der Waals surface area contributed by atoms with Crippen molar-refractivity contribution in [2.24, 2.45) is 0 Å². The molecular weight excluding hydrogens is 210 g/mol. The first-order chi connectivity index (χ1) is 8.40. The lowest BCUT2D eigenvalue weighted by molar-refractivity contribution is 0.134. The fourth-order valence-electron chi connectivity index (χ4n) is 2.37. The molecule has 1 aromatic carbocycles. The van der Waals surface area contributed by atoms with Crippen LogP contribution in [0.15, 0.2) is 18.2 Å². The van der Waals surface area contributed by atoms with Crippen LogP contribution < -0.4 is 5.32 Å². The second-order valence-corrected chi connectivity index (χ2v) is 4.86. The van der Waals surface area contributed by atoms with E-state index in [1.165, 1.54) is 48.8 Å². The van der Waals surface area contributed by atoms with Gasteiger partial charge >= 0.3 is 0 Å². The van der Waals surface area contributed by atoms with Crippen LogP contribution in [0.1, 0.15) is 42.4 Å². The van der Waals surface area contributed by atoms with Gasteiger partial charge in [-0.15, -0.1) is 0 Å². The van der Waals surface area contributed by atoms with Crippen LogP contribution in [0.25, 0.3) is 0 Å². The van der Waals surface area contributed by atoms with Gasteiger partial charge in [0, 0.05) is 0 Å². The molecule has 0 saturated heterocycles. The summed E-state index contributed by atoms with van der Waals surface area (Å²) in [7, 11) is 2.02. The molecule has 2 nitrogen and oxygen atoms in total. The second-order valence-electron chi connectivity index (χ2n) is 4.86. The minimum absolute atomic E-state index is 0.805. The molecule has 0 amide bonds. The zero-order valence-electron chi connectivity index (χ0n) is 10.8. The summed E-state index contributed by atoms with van der Waals surface area (Å²) >= 11 is 0. The average molecular weight is 233 g/mol. The normalized spacial score (nSPS) is 13.9. The van der Waals surface area contributed by atoms with E-state index in [2.05, 4.69) is 23.5 Å². The van der Waals surface area contributed by atoms with Crippen molar-refractivity contribution in [2.75, 3.05) is 13.6 Å². The highest BCUT2D eigenvalue weighted by molar-refractivity contribution is 5.33. The van der Waals surface area contributed by atoms with Gasteiger partial charge in [0.05, 0.1) is 13.2 Å². The molecule has 0 unspecified atom stereocenters. The Hall–Kier alpha value is -0.860. The SMILES string of the molecule is CNCCCCCCc1ccc2c(c1)COC2. The number of aryl methyl sites for hydroxylation is 1. The van der Waals surface area contributed by atoms with E-state index >= 15 is 0 Å². The number of rotatable bonds is 7. The summed E-state index contributed by atoms with van der Waals surface area (Å²) in [6.07, 6.45) is 6.51. The highest BCUT2D eigenvalue weighted by Crippen LogP contribution is 2.21. The first-order valence-corrected chi connectivity index (χ1v) is 6.73. The summed E-state index contributed by atoms with van der Waals surface area (Å²) < 4.78 is 5.43. The number of hydrogen-bond acceptors (Lipinski definition) is 2. The van der Waals surface area contributed by atoms with Crippen LogP contribution in [-0.2, 0) is 24.4 Å². The van der Waals surface area contributed by atoms with Gasteiger partial charge in [0.25, 0.3) is 0 Å². The van der Waals surface area contributed by atoms with Crippen molar-refractivity contribution >= 4 is 0 Å². The molecule has 0 radical (unpaired) electrons. The molecule has 2 rings (SSSR count). The van der Waals surface area contributed by atoms with Gasteiger partial charge in [-0.1, -0.05) is 31.0 Å². The largest absolute Gasteiger partial charge is 0.372 e. The first kappa shape index (κ1) is 12.6. The Balaban J connectivity index is 1.69. The summed E-state index contributed by atoms with van der Waals surface area (Å²) in [5, 5.41) is 3.19. The van der Waals surface area contributed by atoms with Crippen molar-refractivity contribution < 1.29 is 4.74 Å². The van der Waals surface area contributed by atoms with Crippen molar-refractivity contribution in [1.82, 2.24) is 5.32 Å². The average Bonchev–Trinajstić information content (AvgIpc) is 2.81. The maximum atomic E-state index is 5.43. The zero-order chi connectivity index (χ0) is 11.9. The van der Waals surface area contributed by atoms with Crippen LogP contribution in [0.2, 0.25) is 0 Å². The summed E-state index contributed by atoms with van der Waals surface area (Å²) in [6, 6.07) is 6.83. The molecule has 0 bridgehead atoms. The van der Waals surface area contributed by atoms with E-state index in [0.717, 1.165) is 19.8 Å². The van der Waals surface area contributed by atoms with Crippen molar-refractivity contribution in [1.29, 1.82) is 0 Å². The Labute approximate surface area is 104 Å². The third-order valence-corrected chi connectivity index (χ3v) is 3.43. The molecule has 0 aliphatic carbocycles. The lowest BCUT2D eigenvalue weighted by Crippen LogP contribution is -2.06. The first-order valence-electron chi connectivity index (χ1n) is 6.73. The molecule has 1 aromatic rings. The molecule has 0 aromatic heterocycles. The number of benzene rings is 1. The van der Waals surface area contributed by atoms with Crippen LogP contribution >= 0.6 is 0 Å². The van der Waals surface area contributed by atoms with Gasteiger partial charge in [0.2, 0.25) is 0 Å². The second kappa shape index (κ2) is 6.77. The molecule has 0 atom stereocenters. The standard InChI is InChI=1S/C15H23NO/c1-16-9-5-3-2-4-6-13-7-8-14-11-17-12-15(14)10-13/h7-8,10,16H,2-6,9,11-12H2,1H3. The summed E-state index contributed by atoms with van der Waals surface area (Å²) in [5.74, 6) is 0. The minimum Gasteiger partial charge on any atom is -0.372 e.